The van der Waals surface area contributed by atoms with Gasteiger partial charge < -0.3 is 10.4 Å². The molecular formula is C15H23NO. The third-order valence-electron chi connectivity index (χ3n) is 3.71. The van der Waals surface area contributed by atoms with E-state index in [1.165, 1.54) is 24.8 Å². The maximum atomic E-state index is 9.22. The normalized spacial score (nSPS) is 29.2. The van der Waals surface area contributed by atoms with Crippen molar-refractivity contribution in [1.29, 1.82) is 0 Å². The molecule has 0 spiro atoms. The van der Waals surface area contributed by atoms with Crippen LogP contribution >= 0.6 is 0 Å². The molecule has 2 unspecified atom stereocenters. The third kappa shape index (κ3) is 3.74. The Labute approximate surface area is 104 Å². The Morgan fingerprint density at radius 3 is 2.24 bits per heavy atom. The van der Waals surface area contributed by atoms with Gasteiger partial charge in [0.25, 0.3) is 0 Å². The van der Waals surface area contributed by atoms with Gasteiger partial charge in [0.2, 0.25) is 0 Å². The first-order chi connectivity index (χ1) is 8.13. The molecule has 0 saturated heterocycles. The van der Waals surface area contributed by atoms with Crippen LogP contribution in [-0.2, 0) is 6.54 Å². The van der Waals surface area contributed by atoms with Crippen molar-refractivity contribution in [2.45, 2.75) is 45.7 Å². The van der Waals surface area contributed by atoms with Crippen molar-refractivity contribution < 1.29 is 5.11 Å². The van der Waals surface area contributed by atoms with Gasteiger partial charge in [-0.15, -0.1) is 0 Å². The van der Waals surface area contributed by atoms with E-state index in [0.29, 0.717) is 11.8 Å². The van der Waals surface area contributed by atoms with Gasteiger partial charge >= 0.3 is 0 Å². The summed E-state index contributed by atoms with van der Waals surface area (Å²) >= 11 is 0. The van der Waals surface area contributed by atoms with E-state index in [1.54, 1.807) is 12.1 Å². The smallest absolute Gasteiger partial charge is 0.115 e. The monoisotopic (exact) mass is 233 g/mol. The fraction of sp³-hybridized carbons (Fsp3) is 0.600. The molecule has 2 rings (SSSR count). The number of nitrogens with one attached hydrogen (secondary N) is 1. The van der Waals surface area contributed by atoms with Gasteiger partial charge in [0.15, 0.2) is 0 Å². The second kappa shape index (κ2) is 5.54. The van der Waals surface area contributed by atoms with Gasteiger partial charge in [0, 0.05) is 12.6 Å². The predicted octanol–water partition coefficient (Wildman–Crippen LogP) is 3.31. The van der Waals surface area contributed by atoms with E-state index in [1.807, 2.05) is 12.1 Å². The summed E-state index contributed by atoms with van der Waals surface area (Å²) < 4.78 is 0. The van der Waals surface area contributed by atoms with Gasteiger partial charge in [-0.1, -0.05) is 26.0 Å². The van der Waals surface area contributed by atoms with E-state index in [4.69, 9.17) is 0 Å². The minimum absolute atomic E-state index is 0.341. The number of phenols is 1. The molecule has 1 fully saturated rings. The molecule has 1 aliphatic rings. The summed E-state index contributed by atoms with van der Waals surface area (Å²) in [7, 11) is 0. The molecule has 0 aromatic heterocycles. The quantitative estimate of drug-likeness (QED) is 0.839. The van der Waals surface area contributed by atoms with Crippen LogP contribution in [0.5, 0.6) is 5.75 Å². The lowest BCUT2D eigenvalue weighted by atomic mass is 9.80. The lowest BCUT2D eigenvalue weighted by molar-refractivity contribution is 0.238. The molecule has 2 heteroatoms. The summed E-state index contributed by atoms with van der Waals surface area (Å²) in [5.74, 6) is 2.03. The topological polar surface area (TPSA) is 32.3 Å². The van der Waals surface area contributed by atoms with Crippen LogP contribution in [0.4, 0.5) is 0 Å². The largest absolute Gasteiger partial charge is 0.508 e. The van der Waals surface area contributed by atoms with E-state index in [0.717, 1.165) is 18.4 Å². The fourth-order valence-electron chi connectivity index (χ4n) is 2.99. The van der Waals surface area contributed by atoms with Crippen LogP contribution in [0.2, 0.25) is 0 Å². The summed E-state index contributed by atoms with van der Waals surface area (Å²) in [6.07, 6.45) is 3.96. The number of rotatable bonds is 3. The van der Waals surface area contributed by atoms with Crippen LogP contribution in [0.3, 0.4) is 0 Å². The van der Waals surface area contributed by atoms with Gasteiger partial charge in [0.1, 0.15) is 5.75 Å². The molecule has 17 heavy (non-hydrogen) atoms. The van der Waals surface area contributed by atoms with Crippen molar-refractivity contribution in [3.05, 3.63) is 29.8 Å². The van der Waals surface area contributed by atoms with Crippen molar-refractivity contribution in [2.24, 2.45) is 11.8 Å². The molecular weight excluding hydrogens is 210 g/mol. The van der Waals surface area contributed by atoms with Crippen molar-refractivity contribution in [3.63, 3.8) is 0 Å². The van der Waals surface area contributed by atoms with Crippen molar-refractivity contribution in [2.75, 3.05) is 0 Å². The van der Waals surface area contributed by atoms with Crippen molar-refractivity contribution >= 4 is 0 Å². The molecule has 94 valence electrons. The highest BCUT2D eigenvalue weighted by molar-refractivity contribution is 5.25. The Kier molecular flexibility index (Phi) is 4.06. The highest BCUT2D eigenvalue weighted by Gasteiger charge is 2.23. The molecule has 1 aliphatic carbocycles. The number of benzene rings is 1. The van der Waals surface area contributed by atoms with Crippen LogP contribution in [0.1, 0.15) is 38.7 Å². The fourth-order valence-corrected chi connectivity index (χ4v) is 2.99. The zero-order chi connectivity index (χ0) is 12.3. The van der Waals surface area contributed by atoms with E-state index >= 15 is 0 Å². The maximum Gasteiger partial charge on any atom is 0.115 e. The van der Waals surface area contributed by atoms with Gasteiger partial charge in [-0.05, 0) is 48.8 Å². The second-order valence-corrected chi connectivity index (χ2v) is 5.66. The lowest BCUT2D eigenvalue weighted by Gasteiger charge is -2.32. The summed E-state index contributed by atoms with van der Waals surface area (Å²) in [5.41, 5.74) is 1.24. The van der Waals surface area contributed by atoms with Gasteiger partial charge in [-0.25, -0.2) is 0 Å². The van der Waals surface area contributed by atoms with Crippen molar-refractivity contribution in [3.8, 4) is 5.75 Å². The Morgan fingerprint density at radius 1 is 1.06 bits per heavy atom. The van der Waals surface area contributed by atoms with Crippen molar-refractivity contribution in [1.82, 2.24) is 5.32 Å². The van der Waals surface area contributed by atoms with Crippen LogP contribution in [0.25, 0.3) is 0 Å². The van der Waals surface area contributed by atoms with E-state index in [-0.39, 0.29) is 0 Å². The number of phenolic OH excluding ortho intramolecular Hbond substituents is 1. The summed E-state index contributed by atoms with van der Waals surface area (Å²) in [5, 5.41) is 12.9. The predicted molar refractivity (Wildman–Crippen MR) is 70.9 cm³/mol. The molecule has 1 aromatic carbocycles. The van der Waals surface area contributed by atoms with Crippen LogP contribution in [-0.4, -0.2) is 11.1 Å². The molecule has 0 aliphatic heterocycles. The Morgan fingerprint density at radius 2 is 1.65 bits per heavy atom. The summed E-state index contributed by atoms with van der Waals surface area (Å²) in [4.78, 5) is 0. The zero-order valence-electron chi connectivity index (χ0n) is 10.8. The molecule has 0 amide bonds. The number of hydrogen-bond donors (Lipinski definition) is 2. The van der Waals surface area contributed by atoms with E-state index in [9.17, 15) is 5.11 Å². The molecule has 0 radical (unpaired) electrons. The molecule has 1 aromatic rings. The Bertz CT molecular complexity index is 336. The van der Waals surface area contributed by atoms with Gasteiger partial charge in [0.05, 0.1) is 0 Å². The summed E-state index contributed by atoms with van der Waals surface area (Å²) in [6.45, 7) is 5.61. The first-order valence-electron chi connectivity index (χ1n) is 6.64. The van der Waals surface area contributed by atoms with E-state index in [2.05, 4.69) is 19.2 Å². The van der Waals surface area contributed by atoms with Gasteiger partial charge in [-0.2, -0.15) is 0 Å². The Hall–Kier alpha value is -1.02. The molecule has 1 saturated carbocycles. The highest BCUT2D eigenvalue weighted by Crippen LogP contribution is 2.28. The van der Waals surface area contributed by atoms with Gasteiger partial charge in [-0.3, -0.25) is 0 Å². The third-order valence-corrected chi connectivity index (χ3v) is 3.71. The molecule has 0 bridgehead atoms. The van der Waals surface area contributed by atoms with Crippen LogP contribution < -0.4 is 5.32 Å². The first kappa shape index (κ1) is 12.4. The standard InChI is InChI=1S/C15H23NO/c1-11-7-12(2)9-14(8-11)16-10-13-3-5-15(17)6-4-13/h3-6,11-12,14,16-17H,7-10H2,1-2H3. The average molecular weight is 233 g/mol. The summed E-state index contributed by atoms with van der Waals surface area (Å²) in [6, 6.07) is 8.13. The Balaban J connectivity index is 1.83. The zero-order valence-corrected chi connectivity index (χ0v) is 10.8. The second-order valence-electron chi connectivity index (χ2n) is 5.66. The minimum Gasteiger partial charge on any atom is -0.508 e. The number of aromatic hydroxyl groups is 1. The molecule has 2 nitrogen and oxygen atoms in total. The molecule has 0 heterocycles. The number of hydrogen-bond acceptors (Lipinski definition) is 2. The minimum atomic E-state index is 0.341. The maximum absolute atomic E-state index is 9.22. The van der Waals surface area contributed by atoms with Crippen LogP contribution in [0.15, 0.2) is 24.3 Å². The average Bonchev–Trinajstić information content (AvgIpc) is 2.27. The lowest BCUT2D eigenvalue weighted by Crippen LogP contribution is -2.35. The highest BCUT2D eigenvalue weighted by atomic mass is 16.3. The van der Waals surface area contributed by atoms with E-state index < -0.39 is 0 Å². The molecule has 2 atom stereocenters. The molecule has 2 N–H and O–H groups in total. The SMILES string of the molecule is CC1CC(C)CC(NCc2ccc(O)cc2)C1. The van der Waals surface area contributed by atoms with Crippen LogP contribution in [0, 0.1) is 11.8 Å². The first-order valence-corrected chi connectivity index (χ1v) is 6.64.